The first-order valence-electron chi connectivity index (χ1n) is 4.77. The van der Waals surface area contributed by atoms with Crippen molar-refractivity contribution in [3.8, 4) is 0 Å². The molecular formula is C7H6BrN2O9S3+. The largest absolute Gasteiger partial charge is 0.411 e. The maximum atomic E-state index is 11.3. The van der Waals surface area contributed by atoms with Gasteiger partial charge in [0.2, 0.25) is 10.3 Å². The van der Waals surface area contributed by atoms with Gasteiger partial charge in [-0.05, 0) is 22.9 Å². The van der Waals surface area contributed by atoms with Crippen LogP contribution in [0.2, 0.25) is 0 Å². The molecule has 0 heterocycles. The molecule has 0 amide bonds. The fourth-order valence-corrected chi connectivity index (χ4v) is 6.45. The van der Waals surface area contributed by atoms with Crippen LogP contribution in [-0.4, -0.2) is 38.9 Å². The molecular weight excluding hydrogens is 432 g/mol. The van der Waals surface area contributed by atoms with Crippen molar-refractivity contribution in [2.75, 3.05) is 0 Å². The van der Waals surface area contributed by atoms with E-state index in [1.807, 2.05) is 0 Å². The van der Waals surface area contributed by atoms with Crippen LogP contribution in [0.15, 0.2) is 19.2 Å². The molecule has 1 rings (SSSR count). The minimum Gasteiger partial charge on any atom is -0.282 e. The highest BCUT2D eigenvalue weighted by Gasteiger charge is 2.42. The normalized spacial score (nSPS) is 12.9. The van der Waals surface area contributed by atoms with Crippen LogP contribution in [0.1, 0.15) is 5.56 Å². The van der Waals surface area contributed by atoms with Gasteiger partial charge in [-0.2, -0.15) is 25.3 Å². The average molecular weight is 438 g/mol. The highest BCUT2D eigenvalue weighted by Crippen LogP contribution is 2.43. The molecule has 22 heavy (non-hydrogen) atoms. The van der Waals surface area contributed by atoms with Crippen LogP contribution in [-0.2, 0) is 30.4 Å². The van der Waals surface area contributed by atoms with Crippen LogP contribution in [0.4, 0.5) is 5.69 Å². The molecule has 0 bridgehead atoms. The standard InChI is InChI=1S/C7H5BrN2O9S3/c1-2-4(10-9)7(22(17,18)19)6(21(14,15)16)3(8)5(2)20(11,12)13/h1H3,(H2-,11,12,13,14,15,16,17,18,19)/p+1. The number of hydrogen-bond acceptors (Lipinski definition) is 7. The molecule has 0 fully saturated rings. The van der Waals surface area contributed by atoms with Gasteiger partial charge < -0.3 is 0 Å². The van der Waals surface area contributed by atoms with Crippen molar-refractivity contribution in [2.24, 2.45) is 0 Å². The molecule has 0 saturated carbocycles. The Balaban J connectivity index is 4.49. The fourth-order valence-electron chi connectivity index (χ4n) is 1.65. The van der Waals surface area contributed by atoms with E-state index in [-0.39, 0.29) is 0 Å². The van der Waals surface area contributed by atoms with Gasteiger partial charge >= 0.3 is 15.8 Å². The van der Waals surface area contributed by atoms with Gasteiger partial charge in [0.15, 0.2) is 4.98 Å². The third kappa shape index (κ3) is 3.27. The van der Waals surface area contributed by atoms with Gasteiger partial charge in [-0.1, -0.05) is 0 Å². The maximum Gasteiger partial charge on any atom is 0.411 e. The van der Waals surface area contributed by atoms with Gasteiger partial charge in [-0.3, -0.25) is 13.7 Å². The predicted octanol–water partition coefficient (Wildman–Crippen LogP) is 0.982. The predicted molar refractivity (Wildman–Crippen MR) is 73.1 cm³/mol. The van der Waals surface area contributed by atoms with Gasteiger partial charge in [-0.15, -0.1) is 0 Å². The second kappa shape index (κ2) is 5.49. The SMILES string of the molecule is Cc1c([N+]#N)c(S(=O)(=O)O)c(S(=O)(=O)O)c(Br)c1S(=O)(=O)O. The molecule has 15 heteroatoms. The lowest BCUT2D eigenvalue weighted by atomic mass is 10.2. The molecule has 11 nitrogen and oxygen atoms in total. The van der Waals surface area contributed by atoms with Crippen molar-refractivity contribution in [2.45, 2.75) is 21.6 Å². The van der Waals surface area contributed by atoms with Crippen LogP contribution in [0.3, 0.4) is 0 Å². The van der Waals surface area contributed by atoms with E-state index in [0.717, 1.165) is 6.92 Å². The average Bonchev–Trinajstić information content (AvgIpc) is 2.22. The Hall–Kier alpha value is -1.15. The number of benzene rings is 1. The lowest BCUT2D eigenvalue weighted by Gasteiger charge is -2.10. The third-order valence-corrected chi connectivity index (χ3v) is 6.70. The lowest BCUT2D eigenvalue weighted by Crippen LogP contribution is -2.14. The van der Waals surface area contributed by atoms with Crippen LogP contribution in [0.5, 0.6) is 0 Å². The topological polar surface area (TPSA) is 191 Å². The van der Waals surface area contributed by atoms with Crippen molar-refractivity contribution in [3.05, 3.63) is 15.0 Å². The molecule has 0 atom stereocenters. The highest BCUT2D eigenvalue weighted by molar-refractivity contribution is 9.10. The van der Waals surface area contributed by atoms with Crippen LogP contribution >= 0.6 is 15.9 Å². The summed E-state index contributed by atoms with van der Waals surface area (Å²) in [7, 11) is -15.9. The molecule has 0 aliphatic rings. The fraction of sp³-hybridized carbons (Fsp3) is 0.143. The third-order valence-electron chi connectivity index (χ3n) is 2.39. The Kier molecular flexibility index (Phi) is 4.71. The monoisotopic (exact) mass is 437 g/mol. The quantitative estimate of drug-likeness (QED) is 0.453. The summed E-state index contributed by atoms with van der Waals surface area (Å²) >= 11 is 2.43. The van der Waals surface area contributed by atoms with Crippen molar-refractivity contribution < 1.29 is 38.9 Å². The molecule has 0 radical (unpaired) electrons. The van der Waals surface area contributed by atoms with E-state index >= 15 is 0 Å². The second-order valence-corrected chi connectivity index (χ2v) is 8.67. The van der Waals surface area contributed by atoms with Gasteiger partial charge in [0.1, 0.15) is 9.79 Å². The minimum atomic E-state index is -5.41. The van der Waals surface area contributed by atoms with Gasteiger partial charge in [-0.25, -0.2) is 0 Å². The van der Waals surface area contributed by atoms with Crippen molar-refractivity contribution in [1.82, 2.24) is 0 Å². The first kappa shape index (κ1) is 18.9. The molecule has 0 unspecified atom stereocenters. The summed E-state index contributed by atoms with van der Waals surface area (Å²) in [5.74, 6) is 0. The zero-order valence-electron chi connectivity index (χ0n) is 10.3. The first-order valence-corrected chi connectivity index (χ1v) is 9.89. The summed E-state index contributed by atoms with van der Waals surface area (Å²) in [6.07, 6.45) is 0. The smallest absolute Gasteiger partial charge is 0.282 e. The van der Waals surface area contributed by atoms with E-state index in [2.05, 4.69) is 20.9 Å². The molecule has 0 saturated heterocycles. The van der Waals surface area contributed by atoms with Crippen molar-refractivity contribution in [3.63, 3.8) is 0 Å². The molecule has 0 aliphatic heterocycles. The van der Waals surface area contributed by atoms with Gasteiger partial charge in [0, 0.05) is 0 Å². The second-order valence-electron chi connectivity index (χ2n) is 3.80. The Labute approximate surface area is 133 Å². The summed E-state index contributed by atoms with van der Waals surface area (Å²) in [6.45, 7) is 0.866. The Bertz CT molecular complexity index is 1020. The lowest BCUT2D eigenvalue weighted by molar-refractivity contribution is 0.464. The zero-order chi connectivity index (χ0) is 17.7. The number of hydrogen-bond donors (Lipinski definition) is 3. The van der Waals surface area contributed by atoms with E-state index in [0.29, 0.717) is 0 Å². The molecule has 1 aromatic carbocycles. The van der Waals surface area contributed by atoms with Gasteiger partial charge in [0.05, 0.1) is 10.0 Å². The number of nitrogens with zero attached hydrogens (tertiary/aromatic N) is 2. The molecule has 1 aromatic rings. The molecule has 0 spiro atoms. The minimum absolute atomic E-state index is 0.697. The van der Waals surface area contributed by atoms with Crippen LogP contribution in [0.25, 0.3) is 4.98 Å². The Morgan fingerprint density at radius 2 is 1.23 bits per heavy atom. The summed E-state index contributed by atoms with van der Waals surface area (Å²) in [5, 5.41) is 8.82. The summed E-state index contributed by atoms with van der Waals surface area (Å²) in [5.41, 5.74) is -1.89. The van der Waals surface area contributed by atoms with E-state index in [1.54, 1.807) is 0 Å². The van der Waals surface area contributed by atoms with E-state index in [4.69, 9.17) is 19.1 Å². The molecule has 0 aromatic heterocycles. The molecule has 3 N–H and O–H groups in total. The first-order chi connectivity index (χ1) is 9.64. The van der Waals surface area contributed by atoms with Crippen molar-refractivity contribution >= 4 is 52.0 Å². The maximum absolute atomic E-state index is 11.3. The van der Waals surface area contributed by atoms with E-state index in [9.17, 15) is 25.3 Å². The molecule has 0 aliphatic carbocycles. The Morgan fingerprint density at radius 3 is 1.50 bits per heavy atom. The van der Waals surface area contributed by atoms with Crippen LogP contribution < -0.4 is 0 Å². The zero-order valence-corrected chi connectivity index (χ0v) is 14.3. The van der Waals surface area contributed by atoms with Crippen molar-refractivity contribution in [1.29, 1.82) is 5.39 Å². The van der Waals surface area contributed by atoms with Gasteiger partial charge in [0.25, 0.3) is 20.2 Å². The summed E-state index contributed by atoms with van der Waals surface area (Å²) < 4.78 is 94.1. The van der Waals surface area contributed by atoms with Crippen LogP contribution in [0, 0.1) is 12.3 Å². The van der Waals surface area contributed by atoms with E-state index < -0.39 is 60.8 Å². The summed E-state index contributed by atoms with van der Waals surface area (Å²) in [4.78, 5) is -1.92. The number of diazo groups is 1. The number of rotatable bonds is 3. The number of halogens is 1. The summed E-state index contributed by atoms with van der Waals surface area (Å²) in [6, 6.07) is 0. The highest BCUT2D eigenvalue weighted by atomic mass is 79.9. The van der Waals surface area contributed by atoms with E-state index in [1.165, 1.54) is 0 Å². The Morgan fingerprint density at radius 1 is 0.864 bits per heavy atom. The molecule has 122 valence electrons.